The van der Waals surface area contributed by atoms with Crippen LogP contribution in [0.3, 0.4) is 0 Å². The third-order valence-electron chi connectivity index (χ3n) is 4.60. The van der Waals surface area contributed by atoms with E-state index in [4.69, 9.17) is 0 Å². The van der Waals surface area contributed by atoms with Crippen LogP contribution in [0, 0.1) is 0 Å². The lowest BCUT2D eigenvalue weighted by Gasteiger charge is -2.46. The van der Waals surface area contributed by atoms with E-state index >= 15 is 0 Å². The van der Waals surface area contributed by atoms with Crippen molar-refractivity contribution in [3.8, 4) is 0 Å². The fourth-order valence-electron chi connectivity index (χ4n) is 3.24. The summed E-state index contributed by atoms with van der Waals surface area (Å²) in [5.74, 6) is 0.933. The van der Waals surface area contributed by atoms with Crippen LogP contribution in [0.4, 0.5) is 10.6 Å². The molecule has 0 bridgehead atoms. The maximum absolute atomic E-state index is 12.6. The summed E-state index contributed by atoms with van der Waals surface area (Å²) in [6, 6.07) is 5.97. The minimum Gasteiger partial charge on any atom is -0.460 e. The van der Waals surface area contributed by atoms with Gasteiger partial charge in [-0.15, -0.1) is 12.6 Å². The molecule has 0 atom stereocenters. The Bertz CT molecular complexity index is 470. The van der Waals surface area contributed by atoms with Gasteiger partial charge < -0.3 is 10.0 Å². The molecular formula is C15H26BN3O. The van der Waals surface area contributed by atoms with Crippen molar-refractivity contribution < 1.29 is 9.36 Å². The van der Waals surface area contributed by atoms with Gasteiger partial charge in [-0.05, 0) is 6.07 Å². The Morgan fingerprint density at radius 1 is 1.20 bits per heavy atom. The summed E-state index contributed by atoms with van der Waals surface area (Å²) in [5.41, 5.74) is 0. The average molecular weight is 275 g/mol. The molecule has 1 aliphatic heterocycles. The van der Waals surface area contributed by atoms with Crippen LogP contribution >= 0.6 is 0 Å². The molecule has 4 nitrogen and oxygen atoms in total. The molecule has 0 aromatic carbocycles. The number of hydrogen-bond acceptors (Lipinski definition) is 2. The minimum atomic E-state index is -0.996. The molecule has 0 saturated carbocycles. The molecule has 1 aliphatic rings. The van der Waals surface area contributed by atoms with E-state index in [2.05, 4.69) is 19.1 Å². The first-order valence-electron chi connectivity index (χ1n) is 7.90. The van der Waals surface area contributed by atoms with Gasteiger partial charge in [-0.2, -0.15) is 4.57 Å². The van der Waals surface area contributed by atoms with E-state index in [0.717, 1.165) is 44.1 Å². The first-order chi connectivity index (χ1) is 9.64. The van der Waals surface area contributed by atoms with E-state index in [-0.39, 0.29) is 6.03 Å². The Morgan fingerprint density at radius 2 is 1.85 bits per heavy atom. The van der Waals surface area contributed by atoms with Gasteiger partial charge in [0, 0.05) is 13.1 Å². The molecule has 2 rings (SSSR count). The van der Waals surface area contributed by atoms with Crippen LogP contribution < -0.4 is 9.79 Å². The summed E-state index contributed by atoms with van der Waals surface area (Å²) in [7, 11) is 1.95. The highest BCUT2D eigenvalue weighted by Gasteiger charge is 2.44. The van der Waals surface area contributed by atoms with Crippen molar-refractivity contribution in [2.75, 3.05) is 12.3 Å². The molecular weight excluding hydrogens is 249 g/mol. The Morgan fingerprint density at radius 3 is 2.45 bits per heavy atom. The number of aromatic nitrogens is 1. The maximum Gasteiger partial charge on any atom is 0.401 e. The first-order valence-corrected chi connectivity index (χ1v) is 7.90. The molecule has 0 saturated heterocycles. The highest BCUT2D eigenvalue weighted by molar-refractivity contribution is 6.82. The monoisotopic (exact) mass is 275 g/mol. The molecule has 2 heterocycles. The number of hydrogen-bond donors (Lipinski definition) is 1. The molecule has 1 amide bonds. The van der Waals surface area contributed by atoms with Crippen LogP contribution in [-0.2, 0) is 0 Å². The highest BCUT2D eigenvalue weighted by atomic mass is 16.2. The predicted octanol–water partition coefficient (Wildman–Crippen LogP) is 3.34. The van der Waals surface area contributed by atoms with Gasteiger partial charge >= 0.3 is 12.4 Å². The number of anilines is 1. The van der Waals surface area contributed by atoms with Crippen LogP contribution in [0.2, 0.25) is 12.6 Å². The Kier molecular flexibility index (Phi) is 4.68. The van der Waals surface area contributed by atoms with Crippen molar-refractivity contribution in [1.82, 2.24) is 4.81 Å². The number of nitrogens with one attached hydrogen (secondary N) is 1. The molecule has 0 radical (unpaired) electrons. The van der Waals surface area contributed by atoms with Crippen LogP contribution in [0.15, 0.2) is 24.4 Å². The minimum absolute atomic E-state index is 0.0894. The topological polar surface area (TPSA) is 36.2 Å². The van der Waals surface area contributed by atoms with Gasteiger partial charge in [-0.1, -0.05) is 45.6 Å². The molecule has 110 valence electrons. The number of rotatable bonds is 6. The third kappa shape index (κ3) is 2.67. The molecule has 0 fully saturated rings. The second-order valence-corrected chi connectivity index (χ2v) is 5.97. The molecule has 0 aliphatic carbocycles. The van der Waals surface area contributed by atoms with Gasteiger partial charge in [0.2, 0.25) is 0 Å². The van der Waals surface area contributed by atoms with E-state index < -0.39 is 6.42 Å². The second kappa shape index (κ2) is 6.29. The summed E-state index contributed by atoms with van der Waals surface area (Å²) < 4.78 is 1.71. The summed E-state index contributed by atoms with van der Waals surface area (Å²) in [4.78, 5) is 14.6. The molecule has 1 aromatic rings. The Labute approximate surface area is 122 Å². The van der Waals surface area contributed by atoms with E-state index in [1.807, 2.05) is 36.3 Å². The van der Waals surface area contributed by atoms with Crippen molar-refractivity contribution in [3.63, 3.8) is 0 Å². The van der Waals surface area contributed by atoms with Crippen molar-refractivity contribution in [2.24, 2.45) is 0 Å². The number of carbonyl (C=O) groups excluding carboxylic acids is 1. The smallest absolute Gasteiger partial charge is 0.401 e. The van der Waals surface area contributed by atoms with Gasteiger partial charge in [-0.3, -0.25) is 0 Å². The fraction of sp³-hybridized carbons (Fsp3) is 0.600. The summed E-state index contributed by atoms with van der Waals surface area (Å²) >= 11 is 0. The zero-order valence-electron chi connectivity index (χ0n) is 12.9. The van der Waals surface area contributed by atoms with Crippen LogP contribution in [-0.4, -0.2) is 24.3 Å². The zero-order chi connectivity index (χ0) is 14.6. The SMILES string of the molecule is CCCC[B-]1(CCCC)Nc2cccc[n+]2C(=O)N1C. The van der Waals surface area contributed by atoms with E-state index in [0.29, 0.717) is 0 Å². The van der Waals surface area contributed by atoms with Gasteiger partial charge in [-0.25, -0.2) is 4.79 Å². The zero-order valence-corrected chi connectivity index (χ0v) is 12.9. The van der Waals surface area contributed by atoms with Gasteiger partial charge in [0.15, 0.2) is 5.82 Å². The standard InChI is InChI=1S/C15H25BN3O/c1-4-6-11-16(12-7-5-2)17-14-10-8-9-13-19(14)15(20)18(16)3/h8-10,13H,4-7,11-12H2,1-3H3/q-1/p+1. The predicted molar refractivity (Wildman–Crippen MR) is 84.0 cm³/mol. The van der Waals surface area contributed by atoms with Crippen LogP contribution in [0.5, 0.6) is 0 Å². The normalized spacial score (nSPS) is 16.8. The number of nitrogens with zero attached hydrogens (tertiary/aromatic N) is 2. The largest absolute Gasteiger partial charge is 0.460 e. The molecule has 20 heavy (non-hydrogen) atoms. The number of amides is 1. The van der Waals surface area contributed by atoms with Crippen LogP contribution in [0.25, 0.3) is 0 Å². The van der Waals surface area contributed by atoms with Crippen molar-refractivity contribution in [1.29, 1.82) is 0 Å². The van der Waals surface area contributed by atoms with Gasteiger partial charge in [0.1, 0.15) is 0 Å². The van der Waals surface area contributed by atoms with Crippen molar-refractivity contribution in [3.05, 3.63) is 24.4 Å². The summed E-state index contributed by atoms with van der Waals surface area (Å²) in [6.07, 6.45) is 7.59. The maximum atomic E-state index is 12.6. The average Bonchev–Trinajstić information content (AvgIpc) is 2.48. The lowest BCUT2D eigenvalue weighted by molar-refractivity contribution is -0.562. The van der Waals surface area contributed by atoms with Crippen molar-refractivity contribution >= 4 is 18.3 Å². The lowest BCUT2D eigenvalue weighted by atomic mass is 9.38. The fourth-order valence-corrected chi connectivity index (χ4v) is 3.24. The molecule has 1 N–H and O–H groups in total. The molecule has 1 aromatic heterocycles. The van der Waals surface area contributed by atoms with Gasteiger partial charge in [0.05, 0.1) is 6.20 Å². The van der Waals surface area contributed by atoms with Gasteiger partial charge in [0.25, 0.3) is 0 Å². The Balaban J connectivity index is 2.34. The Hall–Kier alpha value is -1.52. The third-order valence-corrected chi connectivity index (χ3v) is 4.60. The molecule has 0 unspecified atom stereocenters. The van der Waals surface area contributed by atoms with Crippen LogP contribution in [0.1, 0.15) is 39.5 Å². The summed E-state index contributed by atoms with van der Waals surface area (Å²) in [6.45, 7) is 4.41. The molecule has 0 spiro atoms. The van der Waals surface area contributed by atoms with E-state index in [9.17, 15) is 4.79 Å². The number of pyridine rings is 1. The first kappa shape index (κ1) is 14.9. The quantitative estimate of drug-likeness (QED) is 0.638. The number of unbranched alkanes of at least 4 members (excludes halogenated alkanes) is 2. The van der Waals surface area contributed by atoms with E-state index in [1.54, 1.807) is 4.57 Å². The van der Waals surface area contributed by atoms with E-state index in [1.165, 1.54) is 0 Å². The number of carbonyl (C=O) groups is 1. The highest BCUT2D eigenvalue weighted by Crippen LogP contribution is 2.28. The summed E-state index contributed by atoms with van der Waals surface area (Å²) in [5, 5.41) is 3.69. The second-order valence-electron chi connectivity index (χ2n) is 5.97. The lowest BCUT2D eigenvalue weighted by Crippen LogP contribution is -2.72. The van der Waals surface area contributed by atoms with Crippen molar-refractivity contribution in [2.45, 2.75) is 52.2 Å². The molecule has 5 heteroatoms. The number of fused-ring (bicyclic) bond motifs is 1.